The van der Waals surface area contributed by atoms with Gasteiger partial charge in [0.15, 0.2) is 0 Å². The van der Waals surface area contributed by atoms with Crippen LogP contribution in [0.2, 0.25) is 10.0 Å². The van der Waals surface area contributed by atoms with Gasteiger partial charge in [-0.15, -0.1) is 0 Å². The van der Waals surface area contributed by atoms with Crippen molar-refractivity contribution in [2.24, 2.45) is 0 Å². The van der Waals surface area contributed by atoms with Crippen molar-refractivity contribution < 1.29 is 4.79 Å². The maximum absolute atomic E-state index is 12.2. The highest BCUT2D eigenvalue weighted by Crippen LogP contribution is 2.25. The van der Waals surface area contributed by atoms with Crippen molar-refractivity contribution in [2.45, 2.75) is 18.9 Å². The minimum Gasteiger partial charge on any atom is -0.354 e. The lowest BCUT2D eigenvalue weighted by Gasteiger charge is -2.26. The van der Waals surface area contributed by atoms with Crippen LogP contribution >= 0.6 is 23.2 Å². The summed E-state index contributed by atoms with van der Waals surface area (Å²) < 4.78 is 0. The van der Waals surface area contributed by atoms with Crippen molar-refractivity contribution in [1.82, 2.24) is 10.2 Å². The Morgan fingerprint density at radius 3 is 2.29 bits per heavy atom. The van der Waals surface area contributed by atoms with Gasteiger partial charge >= 0.3 is 0 Å². The first-order valence-corrected chi connectivity index (χ1v) is 8.65. The summed E-state index contributed by atoms with van der Waals surface area (Å²) in [6.45, 7) is 0.512. The molecule has 0 saturated heterocycles. The van der Waals surface area contributed by atoms with Crippen LogP contribution in [0.5, 0.6) is 0 Å². The third kappa shape index (κ3) is 5.23. The van der Waals surface area contributed by atoms with Gasteiger partial charge in [0.25, 0.3) is 0 Å². The molecule has 1 atom stereocenters. The maximum atomic E-state index is 12.2. The monoisotopic (exact) mass is 364 g/mol. The Morgan fingerprint density at radius 1 is 1.04 bits per heavy atom. The molecule has 5 heteroatoms. The molecule has 0 aliphatic heterocycles. The molecule has 2 aromatic rings. The van der Waals surface area contributed by atoms with E-state index in [-0.39, 0.29) is 11.9 Å². The van der Waals surface area contributed by atoms with E-state index < -0.39 is 0 Å². The van der Waals surface area contributed by atoms with Gasteiger partial charge in [0.1, 0.15) is 0 Å². The number of aryl methyl sites for hydroxylation is 1. The molecule has 24 heavy (non-hydrogen) atoms. The summed E-state index contributed by atoms with van der Waals surface area (Å²) in [5.74, 6) is 0.00817. The van der Waals surface area contributed by atoms with E-state index in [9.17, 15) is 4.79 Å². The molecule has 2 rings (SSSR count). The molecule has 0 bridgehead atoms. The molecular weight excluding hydrogens is 343 g/mol. The second-order valence-electron chi connectivity index (χ2n) is 5.90. The molecule has 3 nitrogen and oxygen atoms in total. The molecule has 0 aliphatic carbocycles. The minimum absolute atomic E-state index is 0.00817. The van der Waals surface area contributed by atoms with Gasteiger partial charge in [0.05, 0.1) is 6.04 Å². The van der Waals surface area contributed by atoms with E-state index in [1.165, 1.54) is 0 Å². The van der Waals surface area contributed by atoms with Gasteiger partial charge in [-0.05, 0) is 43.8 Å². The number of benzene rings is 2. The van der Waals surface area contributed by atoms with Gasteiger partial charge in [0.2, 0.25) is 5.91 Å². The molecule has 0 saturated carbocycles. The summed E-state index contributed by atoms with van der Waals surface area (Å²) in [4.78, 5) is 14.2. The molecule has 2 aromatic carbocycles. The lowest BCUT2D eigenvalue weighted by molar-refractivity contribution is -0.121. The fourth-order valence-electron chi connectivity index (χ4n) is 2.56. The smallest absolute Gasteiger partial charge is 0.220 e. The Labute approximate surface area is 153 Å². The fraction of sp³-hybridized carbons (Fsp3) is 0.316. The number of nitrogens with one attached hydrogen (secondary N) is 1. The molecule has 1 unspecified atom stereocenters. The SMILES string of the molecule is CN(C)C(CNC(=O)CCc1ccccc1Cl)c1ccccc1Cl. The number of halogens is 2. The van der Waals surface area contributed by atoms with E-state index in [2.05, 4.69) is 10.2 Å². The van der Waals surface area contributed by atoms with Gasteiger partial charge in [-0.1, -0.05) is 59.6 Å². The third-order valence-corrected chi connectivity index (χ3v) is 4.67. The van der Waals surface area contributed by atoms with Crippen molar-refractivity contribution in [1.29, 1.82) is 0 Å². The van der Waals surface area contributed by atoms with Crippen LogP contribution in [0, 0.1) is 0 Å². The summed E-state index contributed by atoms with van der Waals surface area (Å²) in [5, 5.41) is 4.41. The first-order chi connectivity index (χ1) is 11.5. The van der Waals surface area contributed by atoms with Crippen LogP contribution in [0.4, 0.5) is 0 Å². The zero-order valence-corrected chi connectivity index (χ0v) is 15.4. The van der Waals surface area contributed by atoms with Crippen molar-refractivity contribution in [3.05, 3.63) is 69.7 Å². The summed E-state index contributed by atoms with van der Waals surface area (Å²) in [5.41, 5.74) is 2.00. The summed E-state index contributed by atoms with van der Waals surface area (Å²) in [6.07, 6.45) is 1.04. The molecule has 1 N–H and O–H groups in total. The molecule has 0 heterocycles. The number of carbonyl (C=O) groups is 1. The quantitative estimate of drug-likeness (QED) is 0.792. The van der Waals surface area contributed by atoms with E-state index >= 15 is 0 Å². The zero-order chi connectivity index (χ0) is 17.5. The average molecular weight is 365 g/mol. The van der Waals surface area contributed by atoms with Gasteiger partial charge < -0.3 is 10.2 Å². The fourth-order valence-corrected chi connectivity index (χ4v) is 3.06. The Morgan fingerprint density at radius 2 is 1.67 bits per heavy atom. The summed E-state index contributed by atoms with van der Waals surface area (Å²) in [6, 6.07) is 15.3. The van der Waals surface area contributed by atoms with Crippen LogP contribution < -0.4 is 5.32 Å². The van der Waals surface area contributed by atoms with E-state index in [0.29, 0.717) is 29.4 Å². The molecule has 0 radical (unpaired) electrons. The van der Waals surface area contributed by atoms with Gasteiger partial charge in [-0.2, -0.15) is 0 Å². The van der Waals surface area contributed by atoms with Crippen LogP contribution in [-0.4, -0.2) is 31.4 Å². The van der Waals surface area contributed by atoms with Gasteiger partial charge in [-0.25, -0.2) is 0 Å². The lowest BCUT2D eigenvalue weighted by Crippen LogP contribution is -2.34. The largest absolute Gasteiger partial charge is 0.354 e. The molecule has 0 aromatic heterocycles. The number of hydrogen-bond donors (Lipinski definition) is 1. The standard InChI is InChI=1S/C19H22Cl2N2O/c1-23(2)18(15-8-4-6-10-17(15)21)13-22-19(24)12-11-14-7-3-5-9-16(14)20/h3-10,18H,11-13H2,1-2H3,(H,22,24). The normalized spacial score (nSPS) is 12.2. The van der Waals surface area contributed by atoms with E-state index in [4.69, 9.17) is 23.2 Å². The number of likely N-dealkylation sites (N-methyl/N-ethyl adjacent to an activating group) is 1. The molecule has 0 spiro atoms. The van der Waals surface area contributed by atoms with Crippen molar-refractivity contribution in [3.63, 3.8) is 0 Å². The Hall–Kier alpha value is -1.55. The highest BCUT2D eigenvalue weighted by molar-refractivity contribution is 6.31. The number of nitrogens with zero attached hydrogens (tertiary/aromatic N) is 1. The van der Waals surface area contributed by atoms with E-state index in [1.54, 1.807) is 0 Å². The predicted octanol–water partition coefficient (Wildman–Crippen LogP) is 4.35. The van der Waals surface area contributed by atoms with Crippen LogP contribution in [-0.2, 0) is 11.2 Å². The minimum atomic E-state index is 0.00817. The molecule has 128 valence electrons. The predicted molar refractivity (Wildman–Crippen MR) is 101 cm³/mol. The number of hydrogen-bond acceptors (Lipinski definition) is 2. The van der Waals surface area contributed by atoms with Gasteiger partial charge in [0, 0.05) is 23.0 Å². The van der Waals surface area contributed by atoms with Crippen molar-refractivity contribution in [2.75, 3.05) is 20.6 Å². The van der Waals surface area contributed by atoms with Crippen molar-refractivity contribution in [3.8, 4) is 0 Å². The third-order valence-electron chi connectivity index (χ3n) is 3.96. The highest BCUT2D eigenvalue weighted by Gasteiger charge is 2.17. The van der Waals surface area contributed by atoms with Crippen LogP contribution in [0.25, 0.3) is 0 Å². The average Bonchev–Trinajstić information content (AvgIpc) is 2.55. The molecule has 0 aliphatic rings. The Kier molecular flexibility index (Phi) is 7.10. The van der Waals surface area contributed by atoms with E-state index in [1.807, 2.05) is 62.6 Å². The van der Waals surface area contributed by atoms with Crippen LogP contribution in [0.15, 0.2) is 48.5 Å². The maximum Gasteiger partial charge on any atom is 0.220 e. The number of rotatable bonds is 7. The number of amides is 1. The highest BCUT2D eigenvalue weighted by atomic mass is 35.5. The zero-order valence-electron chi connectivity index (χ0n) is 13.9. The molecule has 0 fully saturated rings. The molecular formula is C19H22Cl2N2O. The van der Waals surface area contributed by atoms with Gasteiger partial charge in [-0.3, -0.25) is 4.79 Å². The molecule has 1 amide bonds. The summed E-state index contributed by atoms with van der Waals surface area (Å²) in [7, 11) is 3.95. The van der Waals surface area contributed by atoms with Crippen LogP contribution in [0.3, 0.4) is 0 Å². The second kappa shape index (κ2) is 9.07. The topological polar surface area (TPSA) is 32.3 Å². The second-order valence-corrected chi connectivity index (χ2v) is 6.71. The van der Waals surface area contributed by atoms with Crippen LogP contribution in [0.1, 0.15) is 23.6 Å². The lowest BCUT2D eigenvalue weighted by atomic mass is 10.1. The first-order valence-electron chi connectivity index (χ1n) is 7.90. The Bertz CT molecular complexity index is 689. The Balaban J connectivity index is 1.91. The van der Waals surface area contributed by atoms with Crippen molar-refractivity contribution >= 4 is 29.1 Å². The first kappa shape index (κ1) is 18.8. The van der Waals surface area contributed by atoms with E-state index in [0.717, 1.165) is 11.1 Å². The summed E-state index contributed by atoms with van der Waals surface area (Å²) >= 11 is 12.4. The number of carbonyl (C=O) groups excluding carboxylic acids is 1.